The Morgan fingerprint density at radius 2 is 1.64 bits per heavy atom. The molecule has 1 nitrogen and oxygen atoms in total. The average molecular weight is 571 g/mol. The molecular formula is C24H33IOSeSi. The van der Waals surface area contributed by atoms with Crippen molar-refractivity contribution in [2.24, 2.45) is 5.92 Å². The Bertz CT molecular complexity index is 766. The summed E-state index contributed by atoms with van der Waals surface area (Å²) >= 11 is 3.08. The van der Waals surface area contributed by atoms with Crippen molar-refractivity contribution in [2.45, 2.75) is 69.1 Å². The molecule has 1 fully saturated rings. The number of benzene rings is 2. The van der Waals surface area contributed by atoms with Gasteiger partial charge in [-0.3, -0.25) is 0 Å². The van der Waals surface area contributed by atoms with Crippen molar-refractivity contribution >= 4 is 50.3 Å². The van der Waals surface area contributed by atoms with E-state index in [9.17, 15) is 0 Å². The fourth-order valence-electron chi connectivity index (χ4n) is 3.44. The van der Waals surface area contributed by atoms with Crippen LogP contribution in [0.4, 0.5) is 0 Å². The van der Waals surface area contributed by atoms with E-state index in [2.05, 4.69) is 111 Å². The van der Waals surface area contributed by atoms with Gasteiger partial charge in [0, 0.05) is 0 Å². The molecular weight excluding hydrogens is 538 g/mol. The molecule has 0 aliphatic heterocycles. The van der Waals surface area contributed by atoms with Gasteiger partial charge in [-0.1, -0.05) is 0 Å². The van der Waals surface area contributed by atoms with Crippen LogP contribution in [0.5, 0.6) is 0 Å². The van der Waals surface area contributed by atoms with E-state index in [1.54, 1.807) is 0 Å². The summed E-state index contributed by atoms with van der Waals surface area (Å²) < 4.78 is 9.91. The minimum absolute atomic E-state index is 0.256. The zero-order valence-electron chi connectivity index (χ0n) is 17.7. The molecule has 28 heavy (non-hydrogen) atoms. The Hall–Kier alpha value is -0.134. The van der Waals surface area contributed by atoms with Crippen molar-refractivity contribution in [1.82, 2.24) is 0 Å². The molecule has 1 atom stereocenters. The Morgan fingerprint density at radius 3 is 2.25 bits per heavy atom. The normalized spacial score (nSPS) is 21.2. The first-order chi connectivity index (χ1) is 13.2. The van der Waals surface area contributed by atoms with E-state index >= 15 is 0 Å². The first kappa shape index (κ1) is 22.5. The van der Waals surface area contributed by atoms with Gasteiger partial charge in [0.05, 0.1) is 0 Å². The predicted octanol–water partition coefficient (Wildman–Crippen LogP) is 6.45. The summed E-state index contributed by atoms with van der Waals surface area (Å²) in [5.41, 5.74) is 1.45. The molecule has 0 amide bonds. The summed E-state index contributed by atoms with van der Waals surface area (Å²) in [6, 6.07) is 19.9. The summed E-state index contributed by atoms with van der Waals surface area (Å²) in [6.45, 7) is 11.9. The second-order valence-electron chi connectivity index (χ2n) is 9.50. The topological polar surface area (TPSA) is 9.23 Å². The van der Waals surface area contributed by atoms with Crippen LogP contribution in [0.3, 0.4) is 0 Å². The third-order valence-electron chi connectivity index (χ3n) is 6.33. The molecule has 0 heterocycles. The average Bonchev–Trinajstić information content (AvgIpc) is 2.59. The fourth-order valence-corrected chi connectivity index (χ4v) is 8.34. The Balaban J connectivity index is 1.69. The monoisotopic (exact) mass is 572 g/mol. The van der Waals surface area contributed by atoms with E-state index in [0.717, 1.165) is 11.2 Å². The van der Waals surface area contributed by atoms with Crippen molar-refractivity contribution in [2.75, 3.05) is 0 Å². The number of hydrogen-bond donors (Lipinski definition) is 0. The van der Waals surface area contributed by atoms with Gasteiger partial charge in [-0.15, -0.1) is 0 Å². The molecule has 1 aliphatic rings. The van der Waals surface area contributed by atoms with Gasteiger partial charge in [0.2, 0.25) is 0 Å². The summed E-state index contributed by atoms with van der Waals surface area (Å²) in [7, 11) is -1.78. The second kappa shape index (κ2) is 9.34. The first-order valence-corrected chi connectivity index (χ1v) is 16.1. The van der Waals surface area contributed by atoms with Crippen molar-refractivity contribution in [3.8, 4) is 0 Å². The van der Waals surface area contributed by atoms with Crippen molar-refractivity contribution in [1.29, 1.82) is 0 Å². The third kappa shape index (κ3) is 5.72. The standard InChI is InChI=1S/C24H33IOSeSi/c1-24(2,3)28(4,5)26-23(17-18-11-9-10-14-22(18)25)19-15-21(16-19)27-20-12-7-6-8-13-20/h6-14,19,21,23H,15-17H2,1-5H3. The van der Waals surface area contributed by atoms with Crippen molar-refractivity contribution in [3.05, 3.63) is 63.7 Å². The number of halogens is 1. The summed E-state index contributed by atoms with van der Waals surface area (Å²) in [6.07, 6.45) is 4.08. The number of rotatable bonds is 7. The van der Waals surface area contributed by atoms with E-state index in [1.165, 1.54) is 26.4 Å². The van der Waals surface area contributed by atoms with Crippen molar-refractivity contribution in [3.63, 3.8) is 0 Å². The van der Waals surface area contributed by atoms with Crippen LogP contribution in [0.25, 0.3) is 0 Å². The molecule has 3 rings (SSSR count). The molecule has 0 N–H and O–H groups in total. The molecule has 2 aromatic rings. The quantitative estimate of drug-likeness (QED) is 0.274. The zero-order chi connectivity index (χ0) is 20.4. The molecule has 152 valence electrons. The summed E-state index contributed by atoms with van der Waals surface area (Å²) in [5, 5.41) is 0.256. The maximum absolute atomic E-state index is 7.01. The van der Waals surface area contributed by atoms with Crippen LogP contribution in [0.15, 0.2) is 54.6 Å². The zero-order valence-corrected chi connectivity index (χ0v) is 22.6. The third-order valence-corrected chi connectivity index (χ3v) is 14.5. The molecule has 2 aromatic carbocycles. The minimum atomic E-state index is -1.78. The molecule has 0 spiro atoms. The van der Waals surface area contributed by atoms with Crippen LogP contribution in [0.1, 0.15) is 39.2 Å². The Morgan fingerprint density at radius 1 is 1.04 bits per heavy atom. The summed E-state index contributed by atoms with van der Waals surface area (Å²) in [4.78, 5) is 0.875. The van der Waals surface area contributed by atoms with E-state index < -0.39 is 8.32 Å². The van der Waals surface area contributed by atoms with Gasteiger partial charge in [0.1, 0.15) is 0 Å². The van der Waals surface area contributed by atoms with Crippen LogP contribution >= 0.6 is 22.6 Å². The molecule has 0 saturated heterocycles. The van der Waals surface area contributed by atoms with Crippen LogP contribution < -0.4 is 4.46 Å². The fraction of sp³-hybridized carbons (Fsp3) is 0.500. The molecule has 4 heteroatoms. The number of hydrogen-bond acceptors (Lipinski definition) is 1. The van der Waals surface area contributed by atoms with E-state index in [-0.39, 0.29) is 5.04 Å². The predicted molar refractivity (Wildman–Crippen MR) is 133 cm³/mol. The summed E-state index contributed by atoms with van der Waals surface area (Å²) in [5.74, 6) is 0.709. The molecule has 1 aliphatic carbocycles. The van der Waals surface area contributed by atoms with E-state index in [0.29, 0.717) is 27.0 Å². The molecule has 1 unspecified atom stereocenters. The van der Waals surface area contributed by atoms with Gasteiger partial charge in [0.25, 0.3) is 0 Å². The maximum atomic E-state index is 7.01. The van der Waals surface area contributed by atoms with Crippen LogP contribution in [0.2, 0.25) is 22.9 Å². The molecule has 0 aromatic heterocycles. The van der Waals surface area contributed by atoms with Gasteiger partial charge in [0.15, 0.2) is 0 Å². The van der Waals surface area contributed by atoms with E-state index in [1.807, 2.05) is 0 Å². The molecule has 0 bridgehead atoms. The van der Waals surface area contributed by atoms with Gasteiger partial charge in [-0.2, -0.15) is 0 Å². The van der Waals surface area contributed by atoms with Gasteiger partial charge >= 0.3 is 193 Å². The van der Waals surface area contributed by atoms with Gasteiger partial charge in [-0.05, 0) is 0 Å². The first-order valence-electron chi connectivity index (χ1n) is 10.3. The van der Waals surface area contributed by atoms with Crippen LogP contribution in [0, 0.1) is 9.49 Å². The second-order valence-corrected chi connectivity index (χ2v) is 18.3. The molecule has 1 saturated carbocycles. The Labute approximate surface area is 192 Å². The van der Waals surface area contributed by atoms with Gasteiger partial charge in [-0.25, -0.2) is 0 Å². The van der Waals surface area contributed by atoms with Gasteiger partial charge < -0.3 is 0 Å². The molecule has 0 radical (unpaired) electrons. The van der Waals surface area contributed by atoms with E-state index in [4.69, 9.17) is 4.43 Å². The van der Waals surface area contributed by atoms with Crippen LogP contribution in [-0.4, -0.2) is 29.4 Å². The van der Waals surface area contributed by atoms with Crippen molar-refractivity contribution < 1.29 is 4.43 Å². The Kier molecular flexibility index (Phi) is 7.52. The van der Waals surface area contributed by atoms with Crippen LogP contribution in [-0.2, 0) is 10.8 Å². The SMILES string of the molecule is CC(C)(C)[Si](C)(C)OC(Cc1ccccc1I)C1CC([Se]c2ccccc2)C1.